The van der Waals surface area contributed by atoms with E-state index >= 15 is 0 Å². The maximum Gasteiger partial charge on any atom is 0.321 e. The fourth-order valence-corrected chi connectivity index (χ4v) is 6.58. The summed E-state index contributed by atoms with van der Waals surface area (Å²) in [6, 6.07) is 12.4. The Morgan fingerprint density at radius 1 is 1.06 bits per heavy atom. The van der Waals surface area contributed by atoms with Crippen LogP contribution in [0.2, 0.25) is 0 Å². The van der Waals surface area contributed by atoms with E-state index in [2.05, 4.69) is 76.4 Å². The lowest BCUT2D eigenvalue weighted by atomic mass is 9.66. The van der Waals surface area contributed by atoms with Crippen molar-refractivity contribution >= 4 is 17.8 Å². The highest BCUT2D eigenvalue weighted by Gasteiger charge is 2.56. The Morgan fingerprint density at radius 2 is 1.78 bits per heavy atom. The summed E-state index contributed by atoms with van der Waals surface area (Å²) >= 11 is 0. The topological polar surface area (TPSA) is 81.7 Å². The quantitative estimate of drug-likeness (QED) is 0.632. The van der Waals surface area contributed by atoms with Crippen molar-refractivity contribution in [3.8, 4) is 0 Å². The summed E-state index contributed by atoms with van der Waals surface area (Å²) in [4.78, 5) is 40.8. The van der Waals surface area contributed by atoms with Crippen LogP contribution in [0.5, 0.6) is 0 Å². The molecule has 2 aromatic rings. The molecule has 0 unspecified atom stereocenters. The van der Waals surface area contributed by atoms with Gasteiger partial charge in [0.2, 0.25) is 5.91 Å². The molecule has 3 amide bonds. The Bertz CT molecular complexity index is 1080. The van der Waals surface area contributed by atoms with Crippen LogP contribution in [0.1, 0.15) is 57.4 Å². The predicted octanol–water partition coefficient (Wildman–Crippen LogP) is 4.11. The van der Waals surface area contributed by atoms with Gasteiger partial charge in [0, 0.05) is 24.8 Å². The number of anilines is 1. The van der Waals surface area contributed by atoms with Gasteiger partial charge in [-0.3, -0.25) is 9.69 Å². The molecular formula is C28H38N6O2. The minimum Gasteiger partial charge on any atom is -0.317 e. The molecule has 1 aromatic carbocycles. The van der Waals surface area contributed by atoms with Gasteiger partial charge in [-0.15, -0.1) is 0 Å². The SMILES string of the molecule is CN(C)C1(c2ccccc2)CCC2(CC1)CN(CC(=O)Nc1ccncn1)C(=O)N2CC1(C)CCC1. The zero-order valence-electron chi connectivity index (χ0n) is 21.7. The first-order valence-corrected chi connectivity index (χ1v) is 13.1. The highest BCUT2D eigenvalue weighted by atomic mass is 16.2. The highest BCUT2D eigenvalue weighted by molar-refractivity contribution is 5.94. The molecule has 36 heavy (non-hydrogen) atoms. The van der Waals surface area contributed by atoms with Gasteiger partial charge >= 0.3 is 6.03 Å². The van der Waals surface area contributed by atoms with E-state index in [4.69, 9.17) is 0 Å². The number of hydrogen-bond donors (Lipinski definition) is 1. The van der Waals surface area contributed by atoms with E-state index < -0.39 is 0 Å². The molecule has 1 aliphatic heterocycles. The lowest BCUT2D eigenvalue weighted by molar-refractivity contribution is -0.116. The fourth-order valence-electron chi connectivity index (χ4n) is 6.58. The smallest absolute Gasteiger partial charge is 0.317 e. The van der Waals surface area contributed by atoms with E-state index in [1.165, 1.54) is 18.3 Å². The molecule has 8 heteroatoms. The highest BCUT2D eigenvalue weighted by Crippen LogP contribution is 2.51. The molecule has 1 spiro atoms. The Balaban J connectivity index is 1.37. The number of rotatable bonds is 7. The minimum absolute atomic E-state index is 0.00183. The Hall–Kier alpha value is -3.00. The van der Waals surface area contributed by atoms with Crippen LogP contribution >= 0.6 is 0 Å². The minimum atomic E-state index is -0.237. The Morgan fingerprint density at radius 3 is 2.36 bits per heavy atom. The van der Waals surface area contributed by atoms with Crippen molar-refractivity contribution in [1.82, 2.24) is 24.7 Å². The number of nitrogens with one attached hydrogen (secondary N) is 1. The molecule has 0 atom stereocenters. The van der Waals surface area contributed by atoms with Gasteiger partial charge in [0.25, 0.3) is 0 Å². The molecule has 3 fully saturated rings. The number of amides is 3. The van der Waals surface area contributed by atoms with Crippen LogP contribution < -0.4 is 5.32 Å². The van der Waals surface area contributed by atoms with Crippen molar-refractivity contribution in [2.75, 3.05) is 39.0 Å². The third kappa shape index (κ3) is 4.47. The maximum absolute atomic E-state index is 13.8. The number of carbonyl (C=O) groups excluding carboxylic acids is 2. The summed E-state index contributed by atoms with van der Waals surface area (Å²) in [5.41, 5.74) is 1.24. The van der Waals surface area contributed by atoms with Crippen LogP contribution in [0.25, 0.3) is 0 Å². The standard InChI is InChI=1S/C28H38N6O2/c1-26(11-7-12-26)19-34-25(36)33(18-24(35)31-23-10-17-29-21-30-23)20-27(34)13-15-28(16-14-27,32(2)3)22-8-5-4-6-9-22/h4-6,8-10,17,21H,7,11-16,18-20H2,1-3H3,(H,29,30,31,35). The molecule has 0 bridgehead atoms. The second-order valence-corrected chi connectivity index (χ2v) is 11.5. The van der Waals surface area contributed by atoms with E-state index in [0.717, 1.165) is 45.1 Å². The van der Waals surface area contributed by atoms with Gasteiger partial charge in [0.1, 0.15) is 18.7 Å². The van der Waals surface area contributed by atoms with Crippen LogP contribution in [0.15, 0.2) is 48.9 Å². The van der Waals surface area contributed by atoms with Crippen molar-refractivity contribution in [3.63, 3.8) is 0 Å². The van der Waals surface area contributed by atoms with E-state index in [9.17, 15) is 9.59 Å². The number of nitrogens with zero attached hydrogens (tertiary/aromatic N) is 5. The largest absolute Gasteiger partial charge is 0.321 e. The van der Waals surface area contributed by atoms with Crippen LogP contribution in [-0.2, 0) is 10.3 Å². The molecule has 5 rings (SSSR count). The molecule has 2 aliphatic carbocycles. The second kappa shape index (κ2) is 9.47. The number of aromatic nitrogens is 2. The molecular weight excluding hydrogens is 452 g/mol. The Labute approximate surface area is 214 Å². The van der Waals surface area contributed by atoms with E-state index in [-0.39, 0.29) is 35.0 Å². The van der Waals surface area contributed by atoms with Crippen LogP contribution in [0.4, 0.5) is 10.6 Å². The van der Waals surface area contributed by atoms with Gasteiger partial charge in [-0.05, 0) is 69.7 Å². The third-order valence-corrected chi connectivity index (χ3v) is 9.02. The lowest BCUT2D eigenvalue weighted by Crippen LogP contribution is -2.57. The van der Waals surface area contributed by atoms with Gasteiger partial charge in [-0.25, -0.2) is 14.8 Å². The van der Waals surface area contributed by atoms with Crippen LogP contribution in [0, 0.1) is 5.41 Å². The molecule has 192 valence electrons. The molecule has 2 heterocycles. The first kappa shape index (κ1) is 24.7. The van der Waals surface area contributed by atoms with Gasteiger partial charge in [-0.2, -0.15) is 0 Å². The summed E-state index contributed by atoms with van der Waals surface area (Å²) in [7, 11) is 4.34. The Kier molecular flexibility index (Phi) is 6.49. The van der Waals surface area contributed by atoms with Crippen molar-refractivity contribution in [3.05, 3.63) is 54.5 Å². The zero-order chi connectivity index (χ0) is 25.4. The summed E-state index contributed by atoms with van der Waals surface area (Å²) in [5, 5.41) is 2.81. The number of carbonyl (C=O) groups is 2. The first-order valence-electron chi connectivity index (χ1n) is 13.1. The lowest BCUT2D eigenvalue weighted by Gasteiger charge is -2.53. The molecule has 1 saturated heterocycles. The van der Waals surface area contributed by atoms with Crippen molar-refractivity contribution in [2.45, 2.75) is 62.9 Å². The molecule has 3 aliphatic rings. The van der Waals surface area contributed by atoms with Gasteiger partial charge in [-0.1, -0.05) is 43.7 Å². The number of benzene rings is 1. The maximum atomic E-state index is 13.8. The zero-order valence-corrected chi connectivity index (χ0v) is 21.7. The fraction of sp³-hybridized carbons (Fsp3) is 0.571. The molecule has 2 saturated carbocycles. The first-order chi connectivity index (χ1) is 17.3. The average Bonchev–Trinajstić information content (AvgIpc) is 3.09. The van der Waals surface area contributed by atoms with E-state index in [0.29, 0.717) is 12.4 Å². The van der Waals surface area contributed by atoms with Crippen molar-refractivity contribution in [1.29, 1.82) is 0 Å². The van der Waals surface area contributed by atoms with E-state index in [1.807, 2.05) is 0 Å². The molecule has 1 N–H and O–H groups in total. The van der Waals surface area contributed by atoms with Crippen LogP contribution in [-0.4, -0.2) is 75.9 Å². The predicted molar refractivity (Wildman–Crippen MR) is 139 cm³/mol. The van der Waals surface area contributed by atoms with Gasteiger partial charge in [0.05, 0.1) is 5.54 Å². The van der Waals surface area contributed by atoms with Crippen LogP contribution in [0.3, 0.4) is 0 Å². The number of hydrogen-bond acceptors (Lipinski definition) is 5. The summed E-state index contributed by atoms with van der Waals surface area (Å²) in [6.07, 6.45) is 10.3. The molecule has 1 aromatic heterocycles. The monoisotopic (exact) mass is 490 g/mol. The third-order valence-electron chi connectivity index (χ3n) is 9.02. The summed E-state index contributed by atoms with van der Waals surface area (Å²) in [6.45, 7) is 3.71. The van der Waals surface area contributed by atoms with Crippen molar-refractivity contribution < 1.29 is 9.59 Å². The molecule has 8 nitrogen and oxygen atoms in total. The second-order valence-electron chi connectivity index (χ2n) is 11.5. The summed E-state index contributed by atoms with van der Waals surface area (Å²) in [5.74, 6) is 0.225. The molecule has 0 radical (unpaired) electrons. The number of urea groups is 1. The van der Waals surface area contributed by atoms with Crippen molar-refractivity contribution in [2.24, 2.45) is 5.41 Å². The summed E-state index contributed by atoms with van der Waals surface area (Å²) < 4.78 is 0. The average molecular weight is 491 g/mol. The van der Waals surface area contributed by atoms with E-state index in [1.54, 1.807) is 17.2 Å². The normalized spacial score (nSPS) is 27.4. The van der Waals surface area contributed by atoms with Gasteiger partial charge < -0.3 is 15.1 Å². The van der Waals surface area contributed by atoms with Gasteiger partial charge in [0.15, 0.2) is 0 Å².